The van der Waals surface area contributed by atoms with E-state index in [0.717, 1.165) is 37.2 Å². The Bertz CT molecular complexity index is 1180. The highest BCUT2D eigenvalue weighted by molar-refractivity contribution is 7.91. The van der Waals surface area contributed by atoms with E-state index in [1.54, 1.807) is 30.2 Å². The number of fused-ring (bicyclic) bond motifs is 3. The molecule has 152 valence electrons. The van der Waals surface area contributed by atoms with E-state index >= 15 is 0 Å². The lowest BCUT2D eigenvalue weighted by Crippen LogP contribution is -2.52. The van der Waals surface area contributed by atoms with Crippen LogP contribution in [0.25, 0.3) is 11.1 Å². The molecule has 1 atom stereocenters. The first kappa shape index (κ1) is 18.4. The molecule has 29 heavy (non-hydrogen) atoms. The van der Waals surface area contributed by atoms with Crippen LogP contribution >= 0.6 is 0 Å². The van der Waals surface area contributed by atoms with Gasteiger partial charge in [-0.3, -0.25) is 4.90 Å². The van der Waals surface area contributed by atoms with Gasteiger partial charge in [-0.25, -0.2) is 8.42 Å². The fourth-order valence-electron chi connectivity index (χ4n) is 4.93. The summed E-state index contributed by atoms with van der Waals surface area (Å²) >= 11 is 0. The second-order valence-electron chi connectivity index (χ2n) is 7.81. The lowest BCUT2D eigenvalue weighted by Gasteiger charge is -2.40. The molecular formula is C21H23N3O4S. The SMILES string of the molecule is COc1ccc2oc(N3c4ccccc4C4(CCNCC4)C3S(C)(=O)=O)nc2c1. The predicted molar refractivity (Wildman–Crippen MR) is 112 cm³/mol. The number of hydrogen-bond acceptors (Lipinski definition) is 7. The van der Waals surface area contributed by atoms with Crippen molar-refractivity contribution < 1.29 is 17.6 Å². The predicted octanol–water partition coefficient (Wildman–Crippen LogP) is 2.98. The Morgan fingerprint density at radius 1 is 1.21 bits per heavy atom. The number of nitrogens with zero attached hydrogens (tertiary/aromatic N) is 2. The van der Waals surface area contributed by atoms with Crippen molar-refractivity contribution in [3.63, 3.8) is 0 Å². The maximum Gasteiger partial charge on any atom is 0.304 e. The molecule has 1 saturated heterocycles. The highest BCUT2D eigenvalue weighted by Gasteiger charge is 2.57. The Kier molecular flexibility index (Phi) is 4.11. The monoisotopic (exact) mass is 413 g/mol. The third-order valence-corrected chi connectivity index (χ3v) is 7.57. The van der Waals surface area contributed by atoms with Gasteiger partial charge in [-0.05, 0) is 49.7 Å². The molecule has 2 aromatic carbocycles. The molecule has 2 aliphatic heterocycles. The summed E-state index contributed by atoms with van der Waals surface area (Å²) in [6.45, 7) is 1.55. The van der Waals surface area contributed by atoms with Crippen molar-refractivity contribution >= 4 is 32.6 Å². The number of sulfone groups is 1. The van der Waals surface area contributed by atoms with E-state index in [4.69, 9.17) is 9.15 Å². The standard InChI is InChI=1S/C21H23N3O4S/c1-27-14-7-8-18-16(13-14)23-20(28-18)24-17-6-4-3-5-15(17)21(9-11-22-12-10-21)19(24)29(2,25)26/h3-8,13,19,22H,9-12H2,1-2H3. The van der Waals surface area contributed by atoms with Gasteiger partial charge in [0.1, 0.15) is 16.6 Å². The Morgan fingerprint density at radius 2 is 1.97 bits per heavy atom. The number of para-hydroxylation sites is 1. The molecule has 3 aromatic rings. The number of ether oxygens (including phenoxy) is 1. The molecule has 1 spiro atoms. The van der Waals surface area contributed by atoms with Crippen LogP contribution in [0.4, 0.5) is 11.7 Å². The lowest BCUT2D eigenvalue weighted by atomic mass is 9.74. The van der Waals surface area contributed by atoms with Crippen LogP contribution in [0.5, 0.6) is 5.75 Å². The number of methoxy groups -OCH3 is 1. The van der Waals surface area contributed by atoms with Crippen LogP contribution in [0.2, 0.25) is 0 Å². The molecule has 1 N–H and O–H groups in total. The number of aromatic nitrogens is 1. The number of nitrogens with one attached hydrogen (secondary N) is 1. The molecule has 2 aliphatic rings. The van der Waals surface area contributed by atoms with E-state index in [1.807, 2.05) is 24.3 Å². The zero-order valence-corrected chi connectivity index (χ0v) is 17.2. The normalized spacial score (nSPS) is 20.9. The fraction of sp³-hybridized carbons (Fsp3) is 0.381. The van der Waals surface area contributed by atoms with Gasteiger partial charge in [0, 0.05) is 17.7 Å². The van der Waals surface area contributed by atoms with Gasteiger partial charge in [0.2, 0.25) is 0 Å². The summed E-state index contributed by atoms with van der Waals surface area (Å²) in [5.41, 5.74) is 2.64. The van der Waals surface area contributed by atoms with Crippen molar-refractivity contribution in [2.45, 2.75) is 23.6 Å². The minimum atomic E-state index is -3.45. The van der Waals surface area contributed by atoms with Crippen LogP contribution in [0.1, 0.15) is 18.4 Å². The molecular weight excluding hydrogens is 390 g/mol. The van der Waals surface area contributed by atoms with E-state index in [0.29, 0.717) is 22.9 Å². The summed E-state index contributed by atoms with van der Waals surface area (Å²) in [4.78, 5) is 6.42. The molecule has 0 bridgehead atoms. The maximum atomic E-state index is 13.1. The van der Waals surface area contributed by atoms with Crippen molar-refractivity contribution in [3.8, 4) is 5.75 Å². The van der Waals surface area contributed by atoms with Crippen LogP contribution in [-0.2, 0) is 15.3 Å². The first-order valence-electron chi connectivity index (χ1n) is 9.67. The number of piperidine rings is 1. The third kappa shape index (κ3) is 2.73. The summed E-state index contributed by atoms with van der Waals surface area (Å²) in [5, 5.41) is 2.60. The van der Waals surface area contributed by atoms with Crippen LogP contribution in [-0.4, -0.2) is 45.2 Å². The minimum Gasteiger partial charge on any atom is -0.497 e. The van der Waals surface area contributed by atoms with Gasteiger partial charge in [-0.1, -0.05) is 18.2 Å². The zero-order chi connectivity index (χ0) is 20.2. The maximum absolute atomic E-state index is 13.1. The number of benzene rings is 2. The van der Waals surface area contributed by atoms with E-state index in [-0.39, 0.29) is 0 Å². The molecule has 0 aliphatic carbocycles. The van der Waals surface area contributed by atoms with Crippen molar-refractivity contribution in [1.29, 1.82) is 0 Å². The highest BCUT2D eigenvalue weighted by Crippen LogP contribution is 2.54. The number of hydrogen-bond donors (Lipinski definition) is 1. The van der Waals surface area contributed by atoms with Crippen LogP contribution in [0.15, 0.2) is 46.9 Å². The molecule has 3 heterocycles. The first-order valence-corrected chi connectivity index (χ1v) is 11.6. The van der Waals surface area contributed by atoms with Crippen molar-refractivity contribution in [1.82, 2.24) is 10.3 Å². The molecule has 1 aromatic heterocycles. The number of oxazole rings is 1. The van der Waals surface area contributed by atoms with E-state index < -0.39 is 20.6 Å². The average Bonchev–Trinajstić information content (AvgIpc) is 3.25. The molecule has 0 amide bonds. The van der Waals surface area contributed by atoms with Gasteiger partial charge < -0.3 is 14.5 Å². The molecule has 1 unspecified atom stereocenters. The van der Waals surface area contributed by atoms with Crippen LogP contribution in [0.3, 0.4) is 0 Å². The average molecular weight is 413 g/mol. The molecule has 7 nitrogen and oxygen atoms in total. The third-order valence-electron chi connectivity index (χ3n) is 6.10. The van der Waals surface area contributed by atoms with Gasteiger partial charge >= 0.3 is 6.01 Å². The topological polar surface area (TPSA) is 84.7 Å². The largest absolute Gasteiger partial charge is 0.497 e. The molecule has 8 heteroatoms. The lowest BCUT2D eigenvalue weighted by molar-refractivity contribution is 0.305. The van der Waals surface area contributed by atoms with Gasteiger partial charge in [0.15, 0.2) is 15.4 Å². The summed E-state index contributed by atoms with van der Waals surface area (Å²) in [5.74, 6) is 0.675. The first-order chi connectivity index (χ1) is 13.9. The van der Waals surface area contributed by atoms with Crippen LogP contribution in [0, 0.1) is 0 Å². The molecule has 1 fully saturated rings. The van der Waals surface area contributed by atoms with Gasteiger partial charge in [0.25, 0.3) is 0 Å². The van der Waals surface area contributed by atoms with E-state index in [2.05, 4.69) is 10.3 Å². The Hall–Kier alpha value is -2.58. The van der Waals surface area contributed by atoms with Gasteiger partial charge in [-0.15, -0.1) is 0 Å². The Labute approximate surface area is 169 Å². The molecule has 5 rings (SSSR count). The summed E-state index contributed by atoms with van der Waals surface area (Å²) in [6.07, 6.45) is 2.80. The highest BCUT2D eigenvalue weighted by atomic mass is 32.2. The summed E-state index contributed by atoms with van der Waals surface area (Å²) < 4.78 is 37.6. The Morgan fingerprint density at radius 3 is 2.69 bits per heavy atom. The molecule has 0 radical (unpaired) electrons. The molecule has 0 saturated carbocycles. The smallest absolute Gasteiger partial charge is 0.304 e. The van der Waals surface area contributed by atoms with E-state index in [9.17, 15) is 8.42 Å². The van der Waals surface area contributed by atoms with Crippen LogP contribution < -0.4 is 15.0 Å². The minimum absolute atomic E-state index is 0.298. The quantitative estimate of drug-likeness (QED) is 0.707. The van der Waals surface area contributed by atoms with Gasteiger partial charge in [0.05, 0.1) is 12.8 Å². The second-order valence-corrected chi connectivity index (χ2v) is 9.91. The summed E-state index contributed by atoms with van der Waals surface area (Å²) in [7, 11) is -1.86. The fourth-order valence-corrected chi connectivity index (χ4v) is 6.70. The summed E-state index contributed by atoms with van der Waals surface area (Å²) in [6, 6.07) is 13.6. The Balaban J connectivity index is 1.74. The van der Waals surface area contributed by atoms with E-state index in [1.165, 1.54) is 6.26 Å². The number of anilines is 2. The number of rotatable bonds is 3. The van der Waals surface area contributed by atoms with Crippen molar-refractivity contribution in [3.05, 3.63) is 48.0 Å². The second kappa shape index (κ2) is 6.47. The zero-order valence-electron chi connectivity index (χ0n) is 16.4. The van der Waals surface area contributed by atoms with Gasteiger partial charge in [-0.2, -0.15) is 4.98 Å². The van der Waals surface area contributed by atoms with Crippen molar-refractivity contribution in [2.75, 3.05) is 31.4 Å². The van der Waals surface area contributed by atoms with Crippen molar-refractivity contribution in [2.24, 2.45) is 0 Å².